The van der Waals surface area contributed by atoms with Crippen LogP contribution >= 0.6 is 0 Å². The first-order valence-electron chi connectivity index (χ1n) is 4.65. The Labute approximate surface area is 88.2 Å². The first-order valence-corrected chi connectivity index (χ1v) is 4.65. The monoisotopic (exact) mass is 200 g/mol. The molecule has 4 nitrogen and oxygen atoms in total. The van der Waals surface area contributed by atoms with Crippen molar-refractivity contribution in [3.05, 3.63) is 36.7 Å². The van der Waals surface area contributed by atoms with E-state index in [0.29, 0.717) is 0 Å². The summed E-state index contributed by atoms with van der Waals surface area (Å²) in [7, 11) is 1.81. The van der Waals surface area contributed by atoms with Crippen LogP contribution in [0.4, 0.5) is 11.5 Å². The van der Waals surface area contributed by atoms with Gasteiger partial charge in [-0.15, -0.1) is 0 Å². The molecule has 2 rings (SSSR count). The van der Waals surface area contributed by atoms with Gasteiger partial charge in [0.25, 0.3) is 0 Å². The number of nitrogens with zero attached hydrogens (tertiary/aromatic N) is 2. The van der Waals surface area contributed by atoms with Crippen LogP contribution in [0.5, 0.6) is 0 Å². The topological polar surface area (TPSA) is 63.8 Å². The SMILES string of the molecule is CNc1cncc(-c2cccc(N)c2)n1. The van der Waals surface area contributed by atoms with Crippen LogP contribution in [0, 0.1) is 0 Å². The fourth-order valence-corrected chi connectivity index (χ4v) is 1.32. The molecule has 0 bridgehead atoms. The second-order valence-corrected chi connectivity index (χ2v) is 3.17. The van der Waals surface area contributed by atoms with Crippen molar-refractivity contribution in [1.82, 2.24) is 9.97 Å². The van der Waals surface area contributed by atoms with Crippen LogP contribution < -0.4 is 11.1 Å². The van der Waals surface area contributed by atoms with Crippen molar-refractivity contribution in [2.75, 3.05) is 18.1 Å². The summed E-state index contributed by atoms with van der Waals surface area (Å²) in [5.41, 5.74) is 8.21. The molecular weight excluding hydrogens is 188 g/mol. The zero-order chi connectivity index (χ0) is 10.7. The highest BCUT2D eigenvalue weighted by atomic mass is 15.0. The molecule has 0 saturated carbocycles. The number of anilines is 2. The van der Waals surface area contributed by atoms with E-state index in [1.807, 2.05) is 31.3 Å². The van der Waals surface area contributed by atoms with E-state index in [9.17, 15) is 0 Å². The third kappa shape index (κ3) is 2.04. The summed E-state index contributed by atoms with van der Waals surface area (Å²) in [5, 5.41) is 2.95. The number of nitrogens with two attached hydrogens (primary N) is 1. The van der Waals surface area contributed by atoms with Crippen molar-refractivity contribution in [2.24, 2.45) is 0 Å². The van der Waals surface area contributed by atoms with Gasteiger partial charge < -0.3 is 11.1 Å². The van der Waals surface area contributed by atoms with Crippen molar-refractivity contribution < 1.29 is 0 Å². The van der Waals surface area contributed by atoms with E-state index in [1.165, 1.54) is 0 Å². The van der Waals surface area contributed by atoms with Crippen LogP contribution in [0.2, 0.25) is 0 Å². The second kappa shape index (κ2) is 3.96. The standard InChI is InChI=1S/C11H12N4/c1-13-11-7-14-6-10(15-11)8-3-2-4-9(12)5-8/h2-7H,12H2,1H3,(H,13,15). The average molecular weight is 200 g/mol. The van der Waals surface area contributed by atoms with Crippen molar-refractivity contribution >= 4 is 11.5 Å². The minimum absolute atomic E-state index is 0.726. The maximum Gasteiger partial charge on any atom is 0.144 e. The number of nitrogen functional groups attached to an aromatic ring is 1. The summed E-state index contributed by atoms with van der Waals surface area (Å²) in [6.07, 6.45) is 3.39. The maximum absolute atomic E-state index is 5.70. The van der Waals surface area contributed by atoms with Gasteiger partial charge in [-0.1, -0.05) is 12.1 Å². The van der Waals surface area contributed by atoms with E-state index >= 15 is 0 Å². The third-order valence-electron chi connectivity index (χ3n) is 2.07. The smallest absolute Gasteiger partial charge is 0.144 e. The van der Waals surface area contributed by atoms with E-state index in [4.69, 9.17) is 5.73 Å². The van der Waals surface area contributed by atoms with Crippen molar-refractivity contribution in [2.45, 2.75) is 0 Å². The summed E-state index contributed by atoms with van der Waals surface area (Å²) >= 11 is 0. The van der Waals surface area contributed by atoms with Crippen molar-refractivity contribution in [3.63, 3.8) is 0 Å². The number of benzene rings is 1. The lowest BCUT2D eigenvalue weighted by Crippen LogP contribution is -1.95. The summed E-state index contributed by atoms with van der Waals surface area (Å²) < 4.78 is 0. The highest BCUT2D eigenvalue weighted by Crippen LogP contribution is 2.19. The van der Waals surface area contributed by atoms with Gasteiger partial charge in [0.2, 0.25) is 0 Å². The largest absolute Gasteiger partial charge is 0.399 e. The molecule has 0 radical (unpaired) electrons. The molecule has 2 aromatic rings. The van der Waals surface area contributed by atoms with E-state index in [0.717, 1.165) is 22.8 Å². The molecule has 0 aliphatic rings. The molecule has 0 saturated heterocycles. The fourth-order valence-electron chi connectivity index (χ4n) is 1.32. The molecule has 1 aromatic heterocycles. The molecule has 0 aliphatic carbocycles. The van der Waals surface area contributed by atoms with E-state index < -0.39 is 0 Å². The second-order valence-electron chi connectivity index (χ2n) is 3.17. The molecule has 15 heavy (non-hydrogen) atoms. The van der Waals surface area contributed by atoms with Gasteiger partial charge in [0, 0.05) is 18.3 Å². The quantitative estimate of drug-likeness (QED) is 0.725. The number of rotatable bonds is 2. The number of hydrogen-bond acceptors (Lipinski definition) is 4. The van der Waals surface area contributed by atoms with Crippen LogP contribution in [-0.2, 0) is 0 Å². The highest BCUT2D eigenvalue weighted by Gasteiger charge is 2.00. The molecule has 4 heteroatoms. The zero-order valence-electron chi connectivity index (χ0n) is 8.44. The first kappa shape index (κ1) is 9.45. The highest BCUT2D eigenvalue weighted by molar-refractivity contribution is 5.64. The molecule has 0 fully saturated rings. The molecule has 1 aromatic carbocycles. The van der Waals surface area contributed by atoms with Gasteiger partial charge in [-0.25, -0.2) is 4.98 Å². The Balaban J connectivity index is 2.44. The molecule has 0 amide bonds. The van der Waals surface area contributed by atoms with E-state index in [2.05, 4.69) is 15.3 Å². The molecule has 1 heterocycles. The van der Waals surface area contributed by atoms with Gasteiger partial charge in [0.15, 0.2) is 0 Å². The Kier molecular flexibility index (Phi) is 2.49. The molecular formula is C11H12N4. The van der Waals surface area contributed by atoms with Gasteiger partial charge in [-0.2, -0.15) is 0 Å². The number of hydrogen-bond donors (Lipinski definition) is 2. The van der Waals surface area contributed by atoms with Gasteiger partial charge >= 0.3 is 0 Å². The summed E-state index contributed by atoms with van der Waals surface area (Å²) in [6, 6.07) is 7.58. The summed E-state index contributed by atoms with van der Waals surface area (Å²) in [4.78, 5) is 8.47. The van der Waals surface area contributed by atoms with Crippen LogP contribution in [0.15, 0.2) is 36.7 Å². The minimum atomic E-state index is 0.726. The van der Waals surface area contributed by atoms with Crippen molar-refractivity contribution in [3.8, 4) is 11.3 Å². The molecule has 76 valence electrons. The average Bonchev–Trinajstić information content (AvgIpc) is 2.29. The fraction of sp³-hybridized carbons (Fsp3) is 0.0909. The van der Waals surface area contributed by atoms with Gasteiger partial charge in [0.1, 0.15) is 5.82 Å². The molecule has 0 atom stereocenters. The Hall–Kier alpha value is -2.10. The van der Waals surface area contributed by atoms with Gasteiger partial charge in [-0.05, 0) is 12.1 Å². The first-order chi connectivity index (χ1) is 7.29. The minimum Gasteiger partial charge on any atom is -0.399 e. The number of nitrogens with one attached hydrogen (secondary N) is 1. The van der Waals surface area contributed by atoms with Crippen LogP contribution in [0.25, 0.3) is 11.3 Å². The Bertz CT molecular complexity index is 468. The van der Waals surface area contributed by atoms with E-state index in [-0.39, 0.29) is 0 Å². The van der Waals surface area contributed by atoms with Crippen LogP contribution in [-0.4, -0.2) is 17.0 Å². The summed E-state index contributed by atoms with van der Waals surface area (Å²) in [6.45, 7) is 0. The maximum atomic E-state index is 5.70. The molecule has 0 spiro atoms. The Morgan fingerprint density at radius 1 is 1.27 bits per heavy atom. The molecule has 0 aliphatic heterocycles. The lowest BCUT2D eigenvalue weighted by atomic mass is 10.1. The van der Waals surface area contributed by atoms with E-state index in [1.54, 1.807) is 12.4 Å². The molecule has 0 unspecified atom stereocenters. The third-order valence-corrected chi connectivity index (χ3v) is 2.07. The summed E-state index contributed by atoms with van der Waals surface area (Å²) in [5.74, 6) is 0.745. The normalized spacial score (nSPS) is 9.93. The van der Waals surface area contributed by atoms with Gasteiger partial charge in [0.05, 0.1) is 18.1 Å². The predicted molar refractivity (Wildman–Crippen MR) is 61.4 cm³/mol. The lowest BCUT2D eigenvalue weighted by molar-refractivity contribution is 1.19. The number of aromatic nitrogens is 2. The predicted octanol–water partition coefficient (Wildman–Crippen LogP) is 1.77. The lowest BCUT2D eigenvalue weighted by Gasteiger charge is -2.03. The molecule has 3 N–H and O–H groups in total. The Morgan fingerprint density at radius 3 is 2.87 bits per heavy atom. The van der Waals surface area contributed by atoms with Crippen LogP contribution in [0.3, 0.4) is 0 Å². The zero-order valence-corrected chi connectivity index (χ0v) is 8.44. The van der Waals surface area contributed by atoms with Crippen LogP contribution in [0.1, 0.15) is 0 Å². The van der Waals surface area contributed by atoms with Crippen molar-refractivity contribution in [1.29, 1.82) is 0 Å². The van der Waals surface area contributed by atoms with Gasteiger partial charge in [-0.3, -0.25) is 4.98 Å². The Morgan fingerprint density at radius 2 is 2.13 bits per heavy atom.